The normalized spacial score (nSPS) is 14.6. The van der Waals surface area contributed by atoms with Gasteiger partial charge in [-0.25, -0.2) is 14.1 Å². The van der Waals surface area contributed by atoms with Gasteiger partial charge in [0.1, 0.15) is 0 Å². The van der Waals surface area contributed by atoms with Crippen molar-refractivity contribution in [1.82, 2.24) is 20.1 Å². The molecule has 37 heavy (non-hydrogen) atoms. The number of hydrogen-bond acceptors (Lipinski definition) is 4. The fraction of sp³-hybridized carbons (Fsp3) is 0.348. The molecule has 1 fully saturated rings. The smallest absolute Gasteiger partial charge is 0.349 e. The first-order valence-electron chi connectivity index (χ1n) is 10.9. The molecule has 0 bridgehead atoms. The molecule has 0 aliphatic heterocycles. The Balaban J connectivity index is 1.78. The van der Waals surface area contributed by atoms with E-state index >= 15 is 0 Å². The lowest BCUT2D eigenvalue weighted by atomic mass is 9.95. The molecule has 0 saturated heterocycles. The van der Waals surface area contributed by atoms with E-state index in [1.54, 1.807) is 6.07 Å². The van der Waals surface area contributed by atoms with Gasteiger partial charge in [-0.05, 0) is 42.9 Å². The predicted octanol–water partition coefficient (Wildman–Crippen LogP) is 6.88. The van der Waals surface area contributed by atoms with Gasteiger partial charge in [-0.1, -0.05) is 24.6 Å². The molecule has 2 heterocycles. The number of pyridine rings is 1. The van der Waals surface area contributed by atoms with E-state index in [4.69, 9.17) is 11.6 Å². The zero-order valence-corrected chi connectivity index (χ0v) is 20.5. The highest BCUT2D eigenvalue weighted by Gasteiger charge is 2.74. The van der Waals surface area contributed by atoms with Crippen LogP contribution in [0.15, 0.2) is 47.6 Å². The second-order valence-electron chi connectivity index (χ2n) is 8.19. The quantitative estimate of drug-likeness (QED) is 0.250. The lowest BCUT2D eigenvalue weighted by molar-refractivity contribution is -0.349. The zero-order chi connectivity index (χ0) is 27.2. The van der Waals surface area contributed by atoms with Gasteiger partial charge in [0.15, 0.2) is 5.82 Å². The first-order chi connectivity index (χ1) is 17.3. The number of rotatable bonds is 7. The van der Waals surface area contributed by atoms with Crippen LogP contribution in [0.25, 0.3) is 17.1 Å². The molecular weight excluding hydrogens is 549 g/mol. The number of hydrogen-bond donors (Lipinski definition) is 1. The van der Waals surface area contributed by atoms with Crippen molar-refractivity contribution < 1.29 is 35.5 Å². The molecule has 1 aliphatic carbocycles. The molecule has 1 aliphatic rings. The second-order valence-corrected chi connectivity index (χ2v) is 9.87. The fourth-order valence-electron chi connectivity index (χ4n) is 3.57. The first-order valence-corrected chi connectivity index (χ1v) is 12.3. The second kappa shape index (κ2) is 9.82. The third-order valence-electron chi connectivity index (χ3n) is 5.55. The van der Waals surface area contributed by atoms with Gasteiger partial charge in [0, 0.05) is 29.6 Å². The summed E-state index contributed by atoms with van der Waals surface area (Å²) in [6.45, 7) is 1.49. The molecule has 4 rings (SSSR count). The van der Waals surface area contributed by atoms with E-state index in [-0.39, 0.29) is 34.0 Å². The zero-order valence-electron chi connectivity index (χ0n) is 18.9. The van der Waals surface area contributed by atoms with E-state index in [9.17, 15) is 35.5 Å². The number of nitrogens with one attached hydrogen (secondary N) is 1. The van der Waals surface area contributed by atoms with Crippen molar-refractivity contribution in [1.29, 1.82) is 0 Å². The summed E-state index contributed by atoms with van der Waals surface area (Å²) in [7, 11) is 0. The Kier molecular flexibility index (Phi) is 7.23. The predicted molar refractivity (Wildman–Crippen MR) is 124 cm³/mol. The van der Waals surface area contributed by atoms with Gasteiger partial charge in [-0.3, -0.25) is 4.79 Å². The van der Waals surface area contributed by atoms with Crippen molar-refractivity contribution >= 4 is 29.3 Å². The number of nitrogens with zero attached hydrogens (tertiary/aromatic N) is 3. The molecule has 198 valence electrons. The molecule has 5 nitrogen and oxygen atoms in total. The van der Waals surface area contributed by atoms with E-state index in [1.165, 1.54) is 31.3 Å². The molecule has 1 amide bonds. The summed E-state index contributed by atoms with van der Waals surface area (Å²) >= 11 is 6.73. The highest BCUT2D eigenvalue weighted by atomic mass is 35.5. The van der Waals surface area contributed by atoms with Crippen molar-refractivity contribution in [3.63, 3.8) is 0 Å². The maximum absolute atomic E-state index is 15.0. The Morgan fingerprint density at radius 1 is 1.11 bits per heavy atom. The van der Waals surface area contributed by atoms with Gasteiger partial charge < -0.3 is 5.32 Å². The molecule has 0 spiro atoms. The van der Waals surface area contributed by atoms with E-state index in [1.807, 2.05) is 0 Å². The highest BCUT2D eigenvalue weighted by Crippen LogP contribution is 2.55. The van der Waals surface area contributed by atoms with Crippen molar-refractivity contribution in [2.45, 2.75) is 48.7 Å². The summed E-state index contributed by atoms with van der Waals surface area (Å²) < 4.78 is 96.9. The fourth-order valence-corrected chi connectivity index (χ4v) is 4.70. The minimum atomic E-state index is -6.27. The number of alkyl halides is 7. The Hall–Kier alpha value is -2.80. The van der Waals surface area contributed by atoms with Crippen LogP contribution in [0.2, 0.25) is 5.02 Å². The van der Waals surface area contributed by atoms with Crippen LogP contribution in [0.5, 0.6) is 0 Å². The van der Waals surface area contributed by atoms with Gasteiger partial charge in [0.25, 0.3) is 5.91 Å². The SMILES string of the molecule is CCSc1c(C(F)(C(F)(F)F)C(F)(F)F)ccnc1-n1ccc(-c2ccc(Cl)c(C(=O)NC3CC3)c2)n1. The van der Waals surface area contributed by atoms with Crippen LogP contribution in [0.3, 0.4) is 0 Å². The maximum Gasteiger partial charge on any atom is 0.435 e. The number of carbonyl (C=O) groups is 1. The molecule has 1 N–H and O–H groups in total. The van der Waals surface area contributed by atoms with Crippen molar-refractivity contribution in [2.75, 3.05) is 5.75 Å². The maximum atomic E-state index is 15.0. The topological polar surface area (TPSA) is 59.8 Å². The highest BCUT2D eigenvalue weighted by molar-refractivity contribution is 7.99. The summed E-state index contributed by atoms with van der Waals surface area (Å²) in [5, 5.41) is 7.22. The van der Waals surface area contributed by atoms with Crippen LogP contribution in [0.1, 0.15) is 35.7 Å². The third kappa shape index (κ3) is 5.15. The third-order valence-corrected chi connectivity index (χ3v) is 6.86. The van der Waals surface area contributed by atoms with Crippen LogP contribution in [0, 0.1) is 0 Å². The number of carbonyl (C=O) groups excluding carboxylic acids is 1. The minimum absolute atomic E-state index is 0.0300. The van der Waals surface area contributed by atoms with Crippen molar-refractivity contribution in [3.05, 3.63) is 58.9 Å². The Morgan fingerprint density at radius 2 is 1.78 bits per heavy atom. The number of halogens is 8. The van der Waals surface area contributed by atoms with E-state index < -0.39 is 34.3 Å². The average molecular weight is 567 g/mol. The first kappa shape index (κ1) is 27.2. The van der Waals surface area contributed by atoms with Gasteiger partial charge >= 0.3 is 18.0 Å². The largest absolute Gasteiger partial charge is 0.435 e. The molecule has 1 aromatic carbocycles. The van der Waals surface area contributed by atoms with E-state index in [2.05, 4.69) is 15.4 Å². The molecular formula is C23H18ClF7N4OS. The minimum Gasteiger partial charge on any atom is -0.349 e. The number of thioether (sulfide) groups is 1. The lowest BCUT2D eigenvalue weighted by Gasteiger charge is -2.32. The summed E-state index contributed by atoms with van der Waals surface area (Å²) in [4.78, 5) is 15.7. The summed E-state index contributed by atoms with van der Waals surface area (Å²) in [5.41, 5.74) is -6.41. The van der Waals surface area contributed by atoms with Gasteiger partial charge in [-0.15, -0.1) is 11.8 Å². The summed E-state index contributed by atoms with van der Waals surface area (Å²) in [6.07, 6.45) is -8.90. The Labute approximate surface area is 215 Å². The number of aromatic nitrogens is 3. The standard InChI is InChI=1S/C23H18ClF7N4OS/c1-2-37-18-15(21(25,22(26,27)28)23(29,30)31)7-9-32-19(18)35-10-8-17(34-35)12-3-6-16(24)14(11-12)20(36)33-13-4-5-13/h3,6-11,13H,2,4-5H2,1H3,(H,33,36). The van der Waals surface area contributed by atoms with Crippen LogP contribution in [-0.4, -0.2) is 44.8 Å². The Bertz CT molecular complexity index is 1310. The summed E-state index contributed by atoms with van der Waals surface area (Å²) in [6, 6.07) is 6.37. The molecule has 14 heteroatoms. The molecule has 3 aromatic rings. The van der Waals surface area contributed by atoms with Crippen molar-refractivity contribution in [3.8, 4) is 17.1 Å². The van der Waals surface area contributed by atoms with Gasteiger partial charge in [0.2, 0.25) is 0 Å². The number of amides is 1. The van der Waals surface area contributed by atoms with Crippen LogP contribution >= 0.6 is 23.4 Å². The van der Waals surface area contributed by atoms with Gasteiger partial charge in [0.05, 0.1) is 21.2 Å². The van der Waals surface area contributed by atoms with Crippen LogP contribution < -0.4 is 5.32 Å². The van der Waals surface area contributed by atoms with E-state index in [0.717, 1.165) is 17.5 Å². The lowest BCUT2D eigenvalue weighted by Crippen LogP contribution is -2.50. The molecule has 2 aromatic heterocycles. The van der Waals surface area contributed by atoms with Crippen LogP contribution in [0.4, 0.5) is 30.7 Å². The van der Waals surface area contributed by atoms with Crippen LogP contribution in [-0.2, 0) is 5.67 Å². The van der Waals surface area contributed by atoms with Gasteiger partial charge in [-0.2, -0.15) is 31.4 Å². The monoisotopic (exact) mass is 566 g/mol. The molecule has 0 unspecified atom stereocenters. The summed E-state index contributed by atoms with van der Waals surface area (Å²) in [5.74, 6) is -0.766. The number of benzene rings is 1. The van der Waals surface area contributed by atoms with Crippen molar-refractivity contribution in [2.24, 2.45) is 0 Å². The molecule has 0 radical (unpaired) electrons. The molecule has 0 atom stereocenters. The van der Waals surface area contributed by atoms with E-state index in [0.29, 0.717) is 29.6 Å². The molecule has 1 saturated carbocycles. The average Bonchev–Trinajstić information content (AvgIpc) is 3.49. The Morgan fingerprint density at radius 3 is 2.38 bits per heavy atom.